The van der Waals surface area contributed by atoms with Crippen molar-refractivity contribution in [3.63, 3.8) is 0 Å². The van der Waals surface area contributed by atoms with Crippen molar-refractivity contribution < 1.29 is 32.2 Å². The summed E-state index contributed by atoms with van der Waals surface area (Å²) in [6.45, 7) is -1.24. The predicted octanol–water partition coefficient (Wildman–Crippen LogP) is 2.09. The third-order valence-corrected chi connectivity index (χ3v) is 2.68. The molecule has 0 saturated heterocycles. The van der Waals surface area contributed by atoms with Gasteiger partial charge in [-0.2, -0.15) is 13.2 Å². The molecule has 1 amide bonds. The van der Waals surface area contributed by atoms with Gasteiger partial charge in [-0.3, -0.25) is 4.79 Å². The van der Waals surface area contributed by atoms with Crippen LogP contribution in [0.2, 0.25) is 0 Å². The van der Waals surface area contributed by atoms with Crippen LogP contribution in [0.1, 0.15) is 23.2 Å². The Balaban J connectivity index is 2.97. The van der Waals surface area contributed by atoms with E-state index in [0.29, 0.717) is 13.0 Å². The molecule has 1 rings (SSSR count). The molecule has 0 aliphatic carbocycles. The Kier molecular flexibility index (Phi) is 6.83. The number of halogens is 3. The van der Waals surface area contributed by atoms with Gasteiger partial charge in [-0.25, -0.2) is 4.79 Å². The van der Waals surface area contributed by atoms with Crippen molar-refractivity contribution in [3.05, 3.63) is 23.8 Å². The van der Waals surface area contributed by atoms with Crippen LogP contribution in [0.5, 0.6) is 5.75 Å². The molecule has 0 aliphatic heterocycles. The topological polar surface area (TPSA) is 90.7 Å². The lowest BCUT2D eigenvalue weighted by Gasteiger charge is -2.15. The summed E-state index contributed by atoms with van der Waals surface area (Å²) in [6.07, 6.45) is -4.00. The van der Waals surface area contributed by atoms with Crippen molar-refractivity contribution in [2.45, 2.75) is 19.0 Å². The van der Waals surface area contributed by atoms with Crippen LogP contribution in [0.4, 0.5) is 18.9 Å². The van der Waals surface area contributed by atoms with Crippen molar-refractivity contribution >= 4 is 17.6 Å². The van der Waals surface area contributed by atoms with E-state index in [1.807, 2.05) is 0 Å². The van der Waals surface area contributed by atoms with Gasteiger partial charge in [0.25, 0.3) is 0 Å². The number of benzene rings is 1. The molecular weight excluding hydrogens is 317 g/mol. The Morgan fingerprint density at radius 3 is 2.57 bits per heavy atom. The first-order valence-corrected chi connectivity index (χ1v) is 6.68. The highest BCUT2D eigenvalue weighted by Gasteiger charge is 2.29. The van der Waals surface area contributed by atoms with Crippen LogP contribution >= 0.6 is 0 Å². The number of methoxy groups -OCH3 is 1. The number of amides is 1. The number of nitrogens with two attached hydrogens (primary N) is 1. The van der Waals surface area contributed by atoms with E-state index in [1.54, 1.807) is 0 Å². The molecule has 1 aromatic carbocycles. The number of hydrogen-bond acceptors (Lipinski definition) is 5. The largest absolute Gasteiger partial charge is 0.482 e. The van der Waals surface area contributed by atoms with Gasteiger partial charge in [-0.1, -0.05) is 0 Å². The maximum absolute atomic E-state index is 12.3. The quantitative estimate of drug-likeness (QED) is 0.745. The minimum absolute atomic E-state index is 0.00429. The number of carbonyl (C=O) groups is 2. The van der Waals surface area contributed by atoms with Crippen LogP contribution in [0.25, 0.3) is 0 Å². The molecule has 9 heteroatoms. The van der Waals surface area contributed by atoms with Crippen LogP contribution in [-0.2, 0) is 9.53 Å². The minimum atomic E-state index is -4.55. The molecule has 0 fully saturated rings. The van der Waals surface area contributed by atoms with Crippen LogP contribution in [-0.4, -0.2) is 38.3 Å². The lowest BCUT2D eigenvalue weighted by atomic mass is 10.2. The van der Waals surface area contributed by atoms with Crippen molar-refractivity contribution in [1.82, 2.24) is 0 Å². The molecule has 0 aliphatic rings. The van der Waals surface area contributed by atoms with Gasteiger partial charge in [-0.05, 0) is 31.2 Å². The number of anilines is 1. The Bertz CT molecular complexity index is 561. The van der Waals surface area contributed by atoms with E-state index in [1.165, 1.54) is 12.1 Å². The first-order chi connectivity index (χ1) is 10.8. The van der Waals surface area contributed by atoms with E-state index in [-0.39, 0.29) is 23.4 Å². The summed E-state index contributed by atoms with van der Waals surface area (Å²) >= 11 is 0. The molecule has 0 saturated carbocycles. The number of esters is 1. The zero-order valence-corrected chi connectivity index (χ0v) is 12.4. The average molecular weight is 334 g/mol. The molecule has 0 atom stereocenters. The smallest absolute Gasteiger partial charge is 0.422 e. The van der Waals surface area contributed by atoms with Gasteiger partial charge in [0, 0.05) is 6.42 Å². The number of hydrogen-bond donors (Lipinski definition) is 2. The molecule has 3 N–H and O–H groups in total. The fraction of sp³-hybridized carbons (Fsp3) is 0.429. The summed E-state index contributed by atoms with van der Waals surface area (Å²) in [5.74, 6) is -1.42. The molecule has 128 valence electrons. The molecule has 0 radical (unpaired) electrons. The lowest BCUT2D eigenvalue weighted by molar-refractivity contribution is -0.153. The lowest BCUT2D eigenvalue weighted by Crippen LogP contribution is -2.21. The summed E-state index contributed by atoms with van der Waals surface area (Å²) in [5, 5.41) is 2.43. The fourth-order valence-corrected chi connectivity index (χ4v) is 1.62. The Hall–Kier alpha value is -2.29. The van der Waals surface area contributed by atoms with Gasteiger partial charge in [-0.15, -0.1) is 0 Å². The van der Waals surface area contributed by atoms with Gasteiger partial charge in [0.05, 0.1) is 18.4 Å². The van der Waals surface area contributed by atoms with Crippen molar-refractivity contribution in [2.75, 3.05) is 25.6 Å². The molecule has 0 unspecified atom stereocenters. The number of ether oxygens (including phenoxy) is 2. The van der Waals surface area contributed by atoms with Gasteiger partial charge in [0.1, 0.15) is 5.75 Å². The molecule has 1 aromatic rings. The standard InChI is InChI=1S/C14H17F3N2O4/c1-22-13(21)9-4-5-10(19-12(20)3-2-6-18)11(7-9)23-8-14(15,16)17/h4-5,7H,2-3,6,8,18H2,1H3,(H,19,20). The number of carbonyl (C=O) groups excluding carboxylic acids is 2. The van der Waals surface area contributed by atoms with Crippen molar-refractivity contribution in [1.29, 1.82) is 0 Å². The first kappa shape index (κ1) is 18.8. The number of nitrogens with one attached hydrogen (secondary N) is 1. The van der Waals surface area contributed by atoms with Crippen LogP contribution in [0, 0.1) is 0 Å². The van der Waals surface area contributed by atoms with E-state index in [0.717, 1.165) is 13.2 Å². The second-order valence-electron chi connectivity index (χ2n) is 4.55. The fourth-order valence-electron chi connectivity index (χ4n) is 1.62. The minimum Gasteiger partial charge on any atom is -0.482 e. The highest BCUT2D eigenvalue weighted by atomic mass is 19.4. The summed E-state index contributed by atoms with van der Waals surface area (Å²) in [4.78, 5) is 23.1. The molecule has 23 heavy (non-hydrogen) atoms. The second kappa shape index (κ2) is 8.37. The van der Waals surface area contributed by atoms with E-state index >= 15 is 0 Å². The van der Waals surface area contributed by atoms with E-state index in [9.17, 15) is 22.8 Å². The molecule has 0 heterocycles. The van der Waals surface area contributed by atoms with Gasteiger partial charge in [0.15, 0.2) is 6.61 Å². The first-order valence-electron chi connectivity index (χ1n) is 6.68. The third kappa shape index (κ3) is 6.55. The van der Waals surface area contributed by atoms with Crippen molar-refractivity contribution in [3.8, 4) is 5.75 Å². The molecule has 0 bridgehead atoms. The Morgan fingerprint density at radius 2 is 2.00 bits per heavy atom. The molecule has 0 spiro atoms. The molecular formula is C14H17F3N2O4. The second-order valence-corrected chi connectivity index (χ2v) is 4.55. The zero-order valence-electron chi connectivity index (χ0n) is 12.4. The highest BCUT2D eigenvalue weighted by molar-refractivity contribution is 5.95. The van der Waals surface area contributed by atoms with Gasteiger partial charge < -0.3 is 20.5 Å². The normalized spacial score (nSPS) is 11.0. The van der Waals surface area contributed by atoms with Gasteiger partial charge >= 0.3 is 12.1 Å². The average Bonchev–Trinajstić information content (AvgIpc) is 2.50. The van der Waals surface area contributed by atoms with E-state index < -0.39 is 24.7 Å². The Morgan fingerprint density at radius 1 is 1.30 bits per heavy atom. The third-order valence-electron chi connectivity index (χ3n) is 2.68. The molecule has 0 aromatic heterocycles. The predicted molar refractivity (Wildman–Crippen MR) is 76.2 cm³/mol. The van der Waals surface area contributed by atoms with Crippen LogP contribution in [0.3, 0.4) is 0 Å². The Labute approximate surface area is 130 Å². The summed E-state index contributed by atoms with van der Waals surface area (Å²) < 4.78 is 46.1. The summed E-state index contributed by atoms with van der Waals surface area (Å²) in [6, 6.07) is 3.67. The van der Waals surface area contributed by atoms with Crippen molar-refractivity contribution in [2.24, 2.45) is 5.73 Å². The summed E-state index contributed by atoms with van der Waals surface area (Å²) in [7, 11) is 1.14. The van der Waals surface area contributed by atoms with E-state index in [4.69, 9.17) is 5.73 Å². The van der Waals surface area contributed by atoms with E-state index in [2.05, 4.69) is 14.8 Å². The highest BCUT2D eigenvalue weighted by Crippen LogP contribution is 2.28. The maximum atomic E-state index is 12.3. The number of rotatable bonds is 7. The summed E-state index contributed by atoms with van der Waals surface area (Å²) in [5.41, 5.74) is 5.32. The number of alkyl halides is 3. The zero-order chi connectivity index (χ0) is 17.5. The van der Waals surface area contributed by atoms with Crippen LogP contribution in [0.15, 0.2) is 18.2 Å². The SMILES string of the molecule is COC(=O)c1ccc(NC(=O)CCCN)c(OCC(F)(F)F)c1. The monoisotopic (exact) mass is 334 g/mol. The maximum Gasteiger partial charge on any atom is 0.422 e. The van der Waals surface area contributed by atoms with Crippen LogP contribution < -0.4 is 15.8 Å². The van der Waals surface area contributed by atoms with Gasteiger partial charge in [0.2, 0.25) is 5.91 Å². The molecule has 6 nitrogen and oxygen atoms in total.